The van der Waals surface area contributed by atoms with Crippen LogP contribution in [0.5, 0.6) is 5.75 Å². The predicted octanol–water partition coefficient (Wildman–Crippen LogP) is 1.62. The zero-order valence-corrected chi connectivity index (χ0v) is 9.26. The summed E-state index contributed by atoms with van der Waals surface area (Å²) >= 11 is 0. The summed E-state index contributed by atoms with van der Waals surface area (Å²) in [5, 5.41) is 12.2. The molecule has 0 amide bonds. The number of likely N-dealkylation sites (N-methyl/N-ethyl adjacent to an activating group) is 1. The number of rotatable bonds is 5. The maximum atomic E-state index is 13.5. The normalized spacial score (nSPS) is 12.6. The maximum absolute atomic E-state index is 13.5. The average molecular weight is 231 g/mol. The molecule has 0 bridgehead atoms. The van der Waals surface area contributed by atoms with Crippen LogP contribution in [0.25, 0.3) is 0 Å². The number of benzene rings is 1. The van der Waals surface area contributed by atoms with Crippen LogP contribution in [0.1, 0.15) is 18.6 Å². The van der Waals surface area contributed by atoms with Crippen LogP contribution >= 0.6 is 0 Å². The van der Waals surface area contributed by atoms with E-state index < -0.39 is 17.7 Å². The maximum Gasteiger partial charge on any atom is 0.200 e. The highest BCUT2D eigenvalue weighted by molar-refractivity contribution is 5.32. The molecule has 0 aliphatic carbocycles. The molecule has 0 aliphatic heterocycles. The van der Waals surface area contributed by atoms with Gasteiger partial charge in [-0.3, -0.25) is 0 Å². The molecule has 2 N–H and O–H groups in total. The summed E-state index contributed by atoms with van der Waals surface area (Å²) in [7, 11) is 1.62. The molecule has 16 heavy (non-hydrogen) atoms. The molecule has 0 aliphatic rings. The lowest BCUT2D eigenvalue weighted by Gasteiger charge is -2.13. The van der Waals surface area contributed by atoms with Gasteiger partial charge in [0.15, 0.2) is 11.6 Å². The fourth-order valence-electron chi connectivity index (χ4n) is 1.37. The van der Waals surface area contributed by atoms with E-state index in [2.05, 4.69) is 5.32 Å². The Morgan fingerprint density at radius 3 is 2.62 bits per heavy atom. The minimum Gasteiger partial charge on any atom is -0.491 e. The van der Waals surface area contributed by atoms with E-state index in [1.54, 1.807) is 14.0 Å². The van der Waals surface area contributed by atoms with E-state index in [0.29, 0.717) is 0 Å². The largest absolute Gasteiger partial charge is 0.491 e. The molecule has 0 saturated heterocycles. The van der Waals surface area contributed by atoms with Crippen LogP contribution in [0.2, 0.25) is 0 Å². The predicted molar refractivity (Wildman–Crippen MR) is 56.4 cm³/mol. The summed E-state index contributed by atoms with van der Waals surface area (Å²) in [5.41, 5.74) is -0.0738. The van der Waals surface area contributed by atoms with Crippen LogP contribution in [-0.4, -0.2) is 25.3 Å². The summed E-state index contributed by atoms with van der Waals surface area (Å²) in [6.07, 6.45) is -1.07. The monoisotopic (exact) mass is 231 g/mol. The van der Waals surface area contributed by atoms with E-state index in [1.807, 2.05) is 0 Å². The molecule has 5 heteroatoms. The van der Waals surface area contributed by atoms with Crippen molar-refractivity contribution in [2.75, 3.05) is 20.2 Å². The fourth-order valence-corrected chi connectivity index (χ4v) is 1.37. The van der Waals surface area contributed by atoms with Crippen molar-refractivity contribution in [2.24, 2.45) is 0 Å². The van der Waals surface area contributed by atoms with Gasteiger partial charge in [0.05, 0.1) is 12.7 Å². The summed E-state index contributed by atoms with van der Waals surface area (Å²) in [4.78, 5) is 0. The second kappa shape index (κ2) is 5.77. The first-order chi connectivity index (χ1) is 7.61. The van der Waals surface area contributed by atoms with Crippen LogP contribution in [0.4, 0.5) is 8.78 Å². The molecule has 1 rings (SSSR count). The molecule has 1 atom stereocenters. The van der Waals surface area contributed by atoms with E-state index in [1.165, 1.54) is 12.1 Å². The van der Waals surface area contributed by atoms with E-state index >= 15 is 0 Å². The Hall–Kier alpha value is -1.20. The first-order valence-electron chi connectivity index (χ1n) is 5.05. The number of aliphatic hydroxyl groups is 1. The molecule has 0 spiro atoms. The lowest BCUT2D eigenvalue weighted by molar-refractivity contribution is 0.171. The van der Waals surface area contributed by atoms with Gasteiger partial charge in [-0.1, -0.05) is 0 Å². The molecule has 0 heterocycles. The number of hydrogen-bond acceptors (Lipinski definition) is 3. The Labute approximate surface area is 93.0 Å². The Morgan fingerprint density at radius 1 is 1.38 bits per heavy atom. The summed E-state index contributed by atoms with van der Waals surface area (Å²) < 4.78 is 31.8. The quantitative estimate of drug-likeness (QED) is 0.809. The van der Waals surface area contributed by atoms with Crippen molar-refractivity contribution in [1.29, 1.82) is 0 Å². The number of ether oxygens (including phenoxy) is 1. The van der Waals surface area contributed by atoms with Crippen LogP contribution in [0.3, 0.4) is 0 Å². The van der Waals surface area contributed by atoms with Gasteiger partial charge in [-0.25, -0.2) is 4.39 Å². The molecule has 90 valence electrons. The van der Waals surface area contributed by atoms with Gasteiger partial charge < -0.3 is 15.2 Å². The van der Waals surface area contributed by atoms with Crippen molar-refractivity contribution < 1.29 is 18.6 Å². The molecular weight excluding hydrogens is 216 g/mol. The van der Waals surface area contributed by atoms with E-state index in [9.17, 15) is 13.9 Å². The van der Waals surface area contributed by atoms with Crippen LogP contribution in [-0.2, 0) is 0 Å². The van der Waals surface area contributed by atoms with Crippen molar-refractivity contribution in [1.82, 2.24) is 5.32 Å². The second-order valence-corrected chi connectivity index (χ2v) is 3.29. The smallest absolute Gasteiger partial charge is 0.200 e. The third-order valence-corrected chi connectivity index (χ3v) is 2.13. The number of hydrogen-bond donors (Lipinski definition) is 2. The van der Waals surface area contributed by atoms with Crippen LogP contribution in [0, 0.1) is 11.6 Å². The first kappa shape index (κ1) is 12.9. The standard InChI is InChI=1S/C11H15F2NO2/c1-3-16-9-5-4-7(8(15)6-14-2)10(12)11(9)13/h4-5,8,14-15H,3,6H2,1-2H3. The lowest BCUT2D eigenvalue weighted by atomic mass is 10.1. The number of halogens is 2. The van der Waals surface area contributed by atoms with Gasteiger partial charge in [0, 0.05) is 12.1 Å². The molecule has 0 radical (unpaired) electrons. The minimum absolute atomic E-state index is 0.0738. The topological polar surface area (TPSA) is 41.5 Å². The molecule has 0 aromatic heterocycles. The van der Waals surface area contributed by atoms with E-state index in [-0.39, 0.29) is 24.5 Å². The van der Waals surface area contributed by atoms with Gasteiger partial charge in [0.25, 0.3) is 0 Å². The molecule has 0 fully saturated rings. The molecule has 1 aromatic rings. The van der Waals surface area contributed by atoms with Crippen LogP contribution in [0.15, 0.2) is 12.1 Å². The number of aliphatic hydroxyl groups excluding tert-OH is 1. The second-order valence-electron chi connectivity index (χ2n) is 3.29. The molecular formula is C11H15F2NO2. The van der Waals surface area contributed by atoms with Gasteiger partial charge >= 0.3 is 0 Å². The lowest BCUT2D eigenvalue weighted by Crippen LogP contribution is -2.18. The SMILES string of the molecule is CCOc1ccc(C(O)CNC)c(F)c1F. The highest BCUT2D eigenvalue weighted by atomic mass is 19.2. The Morgan fingerprint density at radius 2 is 2.06 bits per heavy atom. The Balaban J connectivity index is 3.01. The number of nitrogens with one attached hydrogen (secondary N) is 1. The van der Waals surface area contributed by atoms with Gasteiger partial charge in [-0.15, -0.1) is 0 Å². The van der Waals surface area contributed by atoms with Crippen LogP contribution < -0.4 is 10.1 Å². The fraction of sp³-hybridized carbons (Fsp3) is 0.455. The van der Waals surface area contributed by atoms with Gasteiger partial charge in [-0.05, 0) is 26.1 Å². The average Bonchev–Trinajstić information content (AvgIpc) is 2.25. The van der Waals surface area contributed by atoms with Crippen molar-refractivity contribution in [3.63, 3.8) is 0 Å². The van der Waals surface area contributed by atoms with Crippen molar-refractivity contribution in [2.45, 2.75) is 13.0 Å². The molecule has 1 unspecified atom stereocenters. The van der Waals surface area contributed by atoms with Crippen molar-refractivity contribution in [3.8, 4) is 5.75 Å². The zero-order valence-electron chi connectivity index (χ0n) is 9.26. The summed E-state index contributed by atoms with van der Waals surface area (Å²) in [6.45, 7) is 2.10. The first-order valence-corrected chi connectivity index (χ1v) is 5.05. The molecule has 1 aromatic carbocycles. The molecule has 3 nitrogen and oxygen atoms in total. The molecule has 0 saturated carbocycles. The highest BCUT2D eigenvalue weighted by Crippen LogP contribution is 2.26. The third-order valence-electron chi connectivity index (χ3n) is 2.13. The van der Waals surface area contributed by atoms with Gasteiger partial charge in [-0.2, -0.15) is 4.39 Å². The third kappa shape index (κ3) is 2.68. The van der Waals surface area contributed by atoms with Crippen molar-refractivity contribution in [3.05, 3.63) is 29.3 Å². The summed E-state index contributed by atoms with van der Waals surface area (Å²) in [5.74, 6) is -2.26. The van der Waals surface area contributed by atoms with Crippen molar-refractivity contribution >= 4 is 0 Å². The van der Waals surface area contributed by atoms with Gasteiger partial charge in [0.1, 0.15) is 0 Å². The Kier molecular flexibility index (Phi) is 4.64. The summed E-state index contributed by atoms with van der Waals surface area (Å²) in [6, 6.07) is 2.64. The van der Waals surface area contributed by atoms with E-state index in [4.69, 9.17) is 4.74 Å². The Bertz CT molecular complexity index is 358. The minimum atomic E-state index is -1.07. The zero-order chi connectivity index (χ0) is 12.1. The van der Waals surface area contributed by atoms with Gasteiger partial charge in [0.2, 0.25) is 5.82 Å². The van der Waals surface area contributed by atoms with E-state index in [0.717, 1.165) is 0 Å². The highest BCUT2D eigenvalue weighted by Gasteiger charge is 2.18.